The van der Waals surface area contributed by atoms with Crippen LogP contribution in [0.4, 0.5) is 5.69 Å². The van der Waals surface area contributed by atoms with E-state index < -0.39 is 9.84 Å². The molecule has 0 aliphatic heterocycles. The van der Waals surface area contributed by atoms with Gasteiger partial charge < -0.3 is 5.32 Å². The molecule has 1 N–H and O–H groups in total. The molecular weight excluding hydrogens is 357 g/mol. The van der Waals surface area contributed by atoms with Gasteiger partial charge in [0.2, 0.25) is 5.91 Å². The van der Waals surface area contributed by atoms with Crippen molar-refractivity contribution in [3.05, 3.63) is 58.1 Å². The zero-order chi connectivity index (χ0) is 17.0. The highest BCUT2D eigenvalue weighted by Gasteiger charge is 2.11. The largest absolute Gasteiger partial charge is 0.326 e. The quantitative estimate of drug-likeness (QED) is 0.864. The maximum Gasteiger partial charge on any atom is 0.228 e. The molecule has 0 aliphatic carbocycles. The number of benzene rings is 2. The van der Waals surface area contributed by atoms with E-state index in [0.29, 0.717) is 15.7 Å². The summed E-state index contributed by atoms with van der Waals surface area (Å²) in [6.45, 7) is 1.59. The van der Waals surface area contributed by atoms with Crippen LogP contribution in [0.25, 0.3) is 0 Å². The molecule has 2 aromatic carbocycles. The van der Waals surface area contributed by atoms with Gasteiger partial charge in [-0.3, -0.25) is 4.79 Å². The first-order valence-electron chi connectivity index (χ1n) is 6.88. The molecule has 0 aromatic heterocycles. The minimum absolute atomic E-state index is 0.0377. The predicted molar refractivity (Wildman–Crippen MR) is 93.0 cm³/mol. The zero-order valence-electron chi connectivity index (χ0n) is 12.3. The molecule has 23 heavy (non-hydrogen) atoms. The molecule has 0 heterocycles. The van der Waals surface area contributed by atoms with E-state index in [1.54, 1.807) is 37.3 Å². The minimum atomic E-state index is -3.24. The first-order valence-corrected chi connectivity index (χ1v) is 9.29. The minimum Gasteiger partial charge on any atom is -0.326 e. The highest BCUT2D eigenvalue weighted by molar-refractivity contribution is 7.91. The van der Waals surface area contributed by atoms with Crippen LogP contribution >= 0.6 is 23.2 Å². The monoisotopic (exact) mass is 371 g/mol. The molecule has 0 fully saturated rings. The van der Waals surface area contributed by atoms with Crippen molar-refractivity contribution in [1.29, 1.82) is 0 Å². The van der Waals surface area contributed by atoms with Gasteiger partial charge in [0.05, 0.1) is 27.1 Å². The number of nitrogens with one attached hydrogen (secondary N) is 1. The lowest BCUT2D eigenvalue weighted by molar-refractivity contribution is -0.115. The smallest absolute Gasteiger partial charge is 0.228 e. The summed E-state index contributed by atoms with van der Waals surface area (Å²) in [4.78, 5) is 12.2. The van der Waals surface area contributed by atoms with Crippen LogP contribution in [-0.4, -0.2) is 20.1 Å². The van der Waals surface area contributed by atoms with Crippen LogP contribution in [0.2, 0.25) is 10.0 Å². The zero-order valence-corrected chi connectivity index (χ0v) is 14.7. The van der Waals surface area contributed by atoms with Gasteiger partial charge in [-0.2, -0.15) is 0 Å². The average Bonchev–Trinajstić information content (AvgIpc) is 2.51. The Bertz CT molecular complexity index is 818. The topological polar surface area (TPSA) is 63.2 Å². The Hall–Kier alpha value is -1.56. The standard InChI is InChI=1S/C16H15Cl2NO3S/c1-2-23(21,22)13-6-4-12(5-7-13)19-16(20)10-11-3-8-14(17)15(18)9-11/h3-9H,2,10H2,1H3,(H,19,20). The van der Waals surface area contributed by atoms with E-state index in [0.717, 1.165) is 5.56 Å². The fraction of sp³-hybridized carbons (Fsp3) is 0.188. The Balaban J connectivity index is 2.04. The van der Waals surface area contributed by atoms with Crippen molar-refractivity contribution in [2.75, 3.05) is 11.1 Å². The Kier molecular flexibility index (Phi) is 5.68. The first kappa shape index (κ1) is 17.8. The van der Waals surface area contributed by atoms with Crippen molar-refractivity contribution in [3.63, 3.8) is 0 Å². The third-order valence-electron chi connectivity index (χ3n) is 3.23. The molecule has 2 rings (SSSR count). The number of sulfone groups is 1. The van der Waals surface area contributed by atoms with Crippen LogP contribution in [0.5, 0.6) is 0 Å². The van der Waals surface area contributed by atoms with Crippen LogP contribution in [0.3, 0.4) is 0 Å². The second-order valence-corrected chi connectivity index (χ2v) is 7.99. The molecule has 0 atom stereocenters. The van der Waals surface area contributed by atoms with Gasteiger partial charge in [-0.25, -0.2) is 8.42 Å². The SMILES string of the molecule is CCS(=O)(=O)c1ccc(NC(=O)Cc2ccc(Cl)c(Cl)c2)cc1. The molecule has 122 valence electrons. The second kappa shape index (κ2) is 7.34. The van der Waals surface area contributed by atoms with Gasteiger partial charge in [0.15, 0.2) is 9.84 Å². The predicted octanol–water partition coefficient (Wildman–Crippen LogP) is 3.97. The molecule has 0 unspecified atom stereocenters. The fourth-order valence-electron chi connectivity index (χ4n) is 1.95. The third-order valence-corrected chi connectivity index (χ3v) is 5.72. The molecular formula is C16H15Cl2NO3S. The number of rotatable bonds is 5. The fourth-order valence-corrected chi connectivity index (χ4v) is 3.16. The Morgan fingerprint density at radius 3 is 2.26 bits per heavy atom. The lowest BCUT2D eigenvalue weighted by Gasteiger charge is -2.07. The van der Waals surface area contributed by atoms with E-state index in [-0.39, 0.29) is 23.0 Å². The average molecular weight is 372 g/mol. The van der Waals surface area contributed by atoms with E-state index in [2.05, 4.69) is 5.32 Å². The normalized spacial score (nSPS) is 11.3. The van der Waals surface area contributed by atoms with Gasteiger partial charge in [-0.15, -0.1) is 0 Å². The second-order valence-electron chi connectivity index (χ2n) is 4.90. The van der Waals surface area contributed by atoms with E-state index >= 15 is 0 Å². The van der Waals surface area contributed by atoms with Gasteiger partial charge >= 0.3 is 0 Å². The molecule has 0 saturated heterocycles. The molecule has 4 nitrogen and oxygen atoms in total. The van der Waals surface area contributed by atoms with Crippen molar-refractivity contribution < 1.29 is 13.2 Å². The van der Waals surface area contributed by atoms with Gasteiger partial charge in [0, 0.05) is 5.69 Å². The van der Waals surface area contributed by atoms with E-state index in [1.807, 2.05) is 0 Å². The van der Waals surface area contributed by atoms with Gasteiger partial charge in [-0.1, -0.05) is 36.2 Å². The molecule has 0 saturated carbocycles. The van der Waals surface area contributed by atoms with E-state index in [9.17, 15) is 13.2 Å². The van der Waals surface area contributed by atoms with E-state index in [4.69, 9.17) is 23.2 Å². The molecule has 7 heteroatoms. The van der Waals surface area contributed by atoms with Crippen LogP contribution in [-0.2, 0) is 21.1 Å². The van der Waals surface area contributed by atoms with Gasteiger partial charge in [0.25, 0.3) is 0 Å². The highest BCUT2D eigenvalue weighted by atomic mass is 35.5. The van der Waals surface area contributed by atoms with Crippen LogP contribution in [0.1, 0.15) is 12.5 Å². The summed E-state index contributed by atoms with van der Waals surface area (Å²) in [6, 6.07) is 11.1. The molecule has 2 aromatic rings. The summed E-state index contributed by atoms with van der Waals surface area (Å²) in [5, 5.41) is 3.54. The number of carbonyl (C=O) groups excluding carboxylic acids is 1. The Morgan fingerprint density at radius 1 is 1.04 bits per heavy atom. The van der Waals surface area contributed by atoms with Crippen LogP contribution in [0, 0.1) is 0 Å². The van der Waals surface area contributed by atoms with Crippen molar-refractivity contribution in [2.45, 2.75) is 18.2 Å². The highest BCUT2D eigenvalue weighted by Crippen LogP contribution is 2.23. The lowest BCUT2D eigenvalue weighted by atomic mass is 10.1. The molecule has 0 spiro atoms. The van der Waals surface area contributed by atoms with Crippen LogP contribution < -0.4 is 5.32 Å². The summed E-state index contributed by atoms with van der Waals surface area (Å²) in [5.41, 5.74) is 1.27. The Labute approximate surface area is 145 Å². The molecule has 1 amide bonds. The summed E-state index contributed by atoms with van der Waals surface area (Å²) in [7, 11) is -3.24. The number of amides is 1. The van der Waals surface area contributed by atoms with Crippen molar-refractivity contribution in [1.82, 2.24) is 0 Å². The lowest BCUT2D eigenvalue weighted by Crippen LogP contribution is -2.14. The summed E-state index contributed by atoms with van der Waals surface area (Å²) in [6.07, 6.45) is 0.145. The maximum atomic E-state index is 12.0. The van der Waals surface area contributed by atoms with Gasteiger partial charge in [-0.05, 0) is 42.0 Å². The summed E-state index contributed by atoms with van der Waals surface area (Å²) < 4.78 is 23.4. The number of hydrogen-bond acceptors (Lipinski definition) is 3. The molecule has 0 aliphatic rings. The first-order chi connectivity index (χ1) is 10.8. The number of hydrogen-bond donors (Lipinski definition) is 1. The molecule has 0 radical (unpaired) electrons. The number of halogens is 2. The summed E-state index contributed by atoms with van der Waals surface area (Å²) in [5.74, 6) is -0.190. The number of anilines is 1. The Morgan fingerprint density at radius 2 is 1.70 bits per heavy atom. The third kappa shape index (κ3) is 4.70. The summed E-state index contributed by atoms with van der Waals surface area (Å²) >= 11 is 11.7. The maximum absolute atomic E-state index is 12.0. The number of carbonyl (C=O) groups is 1. The van der Waals surface area contributed by atoms with Crippen molar-refractivity contribution in [3.8, 4) is 0 Å². The van der Waals surface area contributed by atoms with Crippen molar-refractivity contribution >= 4 is 44.6 Å². The van der Waals surface area contributed by atoms with Crippen molar-refractivity contribution in [2.24, 2.45) is 0 Å². The van der Waals surface area contributed by atoms with Crippen LogP contribution in [0.15, 0.2) is 47.4 Å². The van der Waals surface area contributed by atoms with E-state index in [1.165, 1.54) is 12.1 Å². The van der Waals surface area contributed by atoms with Gasteiger partial charge in [0.1, 0.15) is 0 Å². The molecule has 0 bridgehead atoms.